The standard InChI is InChI=1S/C22H18N2O3/c1-25-16-8-6-15(7-9-16)21-14-19(24-22-5-3-4-12-23-22)18-13-17(26-2)10-11-20(18)27-21/h3-14H,1-2H3/p+1. The number of nitrogens with one attached hydrogen (secondary N) is 1. The number of methoxy groups -OCH3 is 2. The van der Waals surface area contributed by atoms with E-state index in [1.165, 1.54) is 0 Å². The van der Waals surface area contributed by atoms with E-state index in [1.807, 2.05) is 72.9 Å². The van der Waals surface area contributed by atoms with Crippen molar-refractivity contribution < 1.29 is 18.9 Å². The molecule has 0 radical (unpaired) electrons. The molecule has 0 spiro atoms. The Morgan fingerprint density at radius 1 is 0.852 bits per heavy atom. The van der Waals surface area contributed by atoms with Gasteiger partial charge >= 0.3 is 5.82 Å². The molecule has 2 heterocycles. The van der Waals surface area contributed by atoms with E-state index < -0.39 is 0 Å². The van der Waals surface area contributed by atoms with Crippen molar-refractivity contribution in [1.82, 2.24) is 0 Å². The van der Waals surface area contributed by atoms with Crippen LogP contribution in [0, 0.1) is 0 Å². The number of hydrogen-bond donors (Lipinski definition) is 0. The highest BCUT2D eigenvalue weighted by Gasteiger charge is 2.11. The van der Waals surface area contributed by atoms with E-state index in [0.29, 0.717) is 0 Å². The van der Waals surface area contributed by atoms with Gasteiger partial charge in [-0.05, 0) is 53.5 Å². The molecule has 0 unspecified atom stereocenters. The second kappa shape index (κ2) is 7.33. The first-order chi connectivity index (χ1) is 13.3. The van der Waals surface area contributed by atoms with Crippen molar-refractivity contribution in [2.75, 3.05) is 14.2 Å². The lowest BCUT2D eigenvalue weighted by atomic mass is 10.1. The van der Waals surface area contributed by atoms with Crippen molar-refractivity contribution >= 4 is 16.8 Å². The molecule has 0 atom stereocenters. The summed E-state index contributed by atoms with van der Waals surface area (Å²) in [5, 5.41) is 1.67. The van der Waals surface area contributed by atoms with Gasteiger partial charge in [-0.25, -0.2) is 4.98 Å². The maximum atomic E-state index is 6.13. The van der Waals surface area contributed by atoms with E-state index in [-0.39, 0.29) is 0 Å². The molecule has 0 bridgehead atoms. The number of nitrogens with zero attached hydrogens (tertiary/aromatic N) is 1. The van der Waals surface area contributed by atoms with Gasteiger partial charge < -0.3 is 13.9 Å². The van der Waals surface area contributed by atoms with Gasteiger partial charge in [-0.1, -0.05) is 6.07 Å². The van der Waals surface area contributed by atoms with Crippen LogP contribution in [0.2, 0.25) is 0 Å². The average Bonchev–Trinajstić information content (AvgIpc) is 2.74. The predicted molar refractivity (Wildman–Crippen MR) is 103 cm³/mol. The van der Waals surface area contributed by atoms with Crippen molar-refractivity contribution in [3.8, 4) is 22.8 Å². The fourth-order valence-electron chi connectivity index (χ4n) is 2.85. The fraction of sp³-hybridized carbons (Fsp3) is 0.0909. The van der Waals surface area contributed by atoms with Crippen molar-refractivity contribution in [3.63, 3.8) is 0 Å². The summed E-state index contributed by atoms with van der Waals surface area (Å²) in [5.41, 5.74) is 1.68. The molecule has 5 heteroatoms. The number of aromatic amines is 1. The Bertz CT molecular complexity index is 1130. The molecule has 27 heavy (non-hydrogen) atoms. The van der Waals surface area contributed by atoms with Gasteiger partial charge in [0.05, 0.1) is 25.8 Å². The molecule has 0 amide bonds. The summed E-state index contributed by atoms with van der Waals surface area (Å²) in [6.45, 7) is 0. The Hall–Kier alpha value is -3.60. The number of H-pyrrole nitrogens is 1. The lowest BCUT2D eigenvalue weighted by Gasteiger charge is -2.06. The molecule has 5 nitrogen and oxygen atoms in total. The summed E-state index contributed by atoms with van der Waals surface area (Å²) >= 11 is 0. The van der Waals surface area contributed by atoms with Crippen molar-refractivity contribution in [2.45, 2.75) is 0 Å². The molecule has 4 aromatic rings. The van der Waals surface area contributed by atoms with Crippen LogP contribution in [0.25, 0.3) is 22.3 Å². The van der Waals surface area contributed by atoms with E-state index in [1.54, 1.807) is 14.2 Å². The van der Waals surface area contributed by atoms with Crippen LogP contribution in [-0.4, -0.2) is 14.2 Å². The number of benzene rings is 2. The minimum absolute atomic E-state index is 0.727. The van der Waals surface area contributed by atoms with Gasteiger partial charge in [0.25, 0.3) is 0 Å². The average molecular weight is 359 g/mol. The van der Waals surface area contributed by atoms with Gasteiger partial charge in [-0.15, -0.1) is 0 Å². The third kappa shape index (κ3) is 3.53. The van der Waals surface area contributed by atoms with Gasteiger partial charge in [0.15, 0.2) is 5.36 Å². The van der Waals surface area contributed by atoms with Crippen LogP contribution < -0.4 is 19.8 Å². The molecule has 4 rings (SSSR count). The van der Waals surface area contributed by atoms with Crippen LogP contribution in [0.3, 0.4) is 0 Å². The number of ether oxygens (including phenoxy) is 2. The molecular formula is C22H19N2O3+. The van der Waals surface area contributed by atoms with Crippen LogP contribution in [0.15, 0.2) is 82.3 Å². The first-order valence-electron chi connectivity index (χ1n) is 8.54. The zero-order chi connectivity index (χ0) is 18.6. The zero-order valence-electron chi connectivity index (χ0n) is 15.1. The Labute approximate surface area is 156 Å². The lowest BCUT2D eigenvalue weighted by molar-refractivity contribution is -0.362. The number of hydrogen-bond acceptors (Lipinski definition) is 4. The molecule has 2 aromatic heterocycles. The molecule has 0 saturated heterocycles. The third-order valence-electron chi connectivity index (χ3n) is 4.26. The first-order valence-corrected chi connectivity index (χ1v) is 8.54. The van der Waals surface area contributed by atoms with Gasteiger partial charge in [0.2, 0.25) is 0 Å². The summed E-state index contributed by atoms with van der Waals surface area (Å²) in [6.07, 6.45) is 1.85. The van der Waals surface area contributed by atoms with E-state index in [9.17, 15) is 0 Å². The SMILES string of the molecule is COc1ccc(-c2cc(=Nc3cccc[nH+]3)c3cc(OC)ccc3o2)cc1. The van der Waals surface area contributed by atoms with E-state index in [2.05, 4.69) is 4.98 Å². The van der Waals surface area contributed by atoms with Gasteiger partial charge in [0, 0.05) is 17.7 Å². The number of aromatic nitrogens is 1. The third-order valence-corrected chi connectivity index (χ3v) is 4.26. The maximum Gasteiger partial charge on any atom is 0.321 e. The fourth-order valence-corrected chi connectivity index (χ4v) is 2.85. The summed E-state index contributed by atoms with van der Waals surface area (Å²) in [6, 6.07) is 21.2. The largest absolute Gasteiger partial charge is 0.497 e. The Morgan fingerprint density at radius 2 is 1.63 bits per heavy atom. The highest BCUT2D eigenvalue weighted by atomic mass is 16.5. The van der Waals surface area contributed by atoms with Gasteiger partial charge in [-0.2, -0.15) is 0 Å². The maximum absolute atomic E-state index is 6.13. The minimum atomic E-state index is 0.727. The van der Waals surface area contributed by atoms with Crippen LogP contribution in [0.1, 0.15) is 0 Å². The highest BCUT2D eigenvalue weighted by Crippen LogP contribution is 2.26. The van der Waals surface area contributed by atoms with Gasteiger partial charge in [-0.3, -0.25) is 0 Å². The molecule has 0 fully saturated rings. The van der Waals surface area contributed by atoms with Crippen molar-refractivity contribution in [1.29, 1.82) is 0 Å². The predicted octanol–water partition coefficient (Wildman–Crippen LogP) is 4.16. The summed E-state index contributed by atoms with van der Waals surface area (Å²) in [4.78, 5) is 7.91. The van der Waals surface area contributed by atoms with E-state index in [4.69, 9.17) is 18.9 Å². The molecule has 0 aliphatic heterocycles. The molecule has 0 saturated carbocycles. The van der Waals surface area contributed by atoms with Crippen LogP contribution in [0.5, 0.6) is 11.5 Å². The van der Waals surface area contributed by atoms with Crippen LogP contribution >= 0.6 is 0 Å². The zero-order valence-corrected chi connectivity index (χ0v) is 15.1. The minimum Gasteiger partial charge on any atom is -0.497 e. The van der Waals surface area contributed by atoms with Crippen molar-refractivity contribution in [3.05, 3.63) is 78.3 Å². The van der Waals surface area contributed by atoms with Crippen LogP contribution in [0.4, 0.5) is 5.82 Å². The highest BCUT2D eigenvalue weighted by molar-refractivity contribution is 5.80. The summed E-state index contributed by atoms with van der Waals surface area (Å²) in [7, 11) is 3.29. The second-order valence-electron chi connectivity index (χ2n) is 5.95. The summed E-state index contributed by atoms with van der Waals surface area (Å²) in [5.74, 6) is 3.04. The van der Waals surface area contributed by atoms with Gasteiger partial charge in [0.1, 0.15) is 22.8 Å². The molecule has 2 aromatic carbocycles. The topological polar surface area (TPSA) is 58.1 Å². The first kappa shape index (κ1) is 16.8. The smallest absolute Gasteiger partial charge is 0.321 e. The molecule has 134 valence electrons. The quantitative estimate of drug-likeness (QED) is 0.550. The monoisotopic (exact) mass is 359 g/mol. The molecule has 0 aliphatic rings. The Kier molecular flexibility index (Phi) is 4.58. The number of pyridine rings is 1. The Balaban J connectivity index is 1.95. The molecule has 0 aliphatic carbocycles. The molecule has 1 N–H and O–H groups in total. The second-order valence-corrected chi connectivity index (χ2v) is 5.95. The lowest BCUT2D eigenvalue weighted by Crippen LogP contribution is -2.07. The summed E-state index contributed by atoms with van der Waals surface area (Å²) < 4.78 is 16.7. The normalized spacial score (nSPS) is 11.6. The van der Waals surface area contributed by atoms with Crippen LogP contribution in [-0.2, 0) is 0 Å². The number of fused-ring (bicyclic) bond motifs is 1. The van der Waals surface area contributed by atoms with E-state index in [0.717, 1.165) is 45.0 Å². The van der Waals surface area contributed by atoms with Crippen molar-refractivity contribution in [2.24, 2.45) is 4.99 Å². The number of rotatable bonds is 4. The molecular weight excluding hydrogens is 340 g/mol. The Morgan fingerprint density at radius 3 is 2.33 bits per heavy atom. The van der Waals surface area contributed by atoms with E-state index >= 15 is 0 Å².